The number of aliphatic hydroxyl groups is 1. The number of hydrogen-bond donors (Lipinski definition) is 1. The van der Waals surface area contributed by atoms with E-state index in [1.807, 2.05) is 13.8 Å². The highest BCUT2D eigenvalue weighted by Gasteiger charge is 2.46. The molecule has 0 aliphatic carbocycles. The molecular formula is C23H23ClN2O6. The number of amides is 1. The maximum Gasteiger partial charge on any atom is 0.295 e. The number of Topliss-reactive ketones (excluding diaryl/α,β-unsaturated/α-hetero) is 1. The third-order valence-corrected chi connectivity index (χ3v) is 5.43. The van der Waals surface area contributed by atoms with E-state index < -0.39 is 28.4 Å². The van der Waals surface area contributed by atoms with E-state index in [1.165, 1.54) is 29.2 Å². The van der Waals surface area contributed by atoms with Crippen molar-refractivity contribution in [2.24, 2.45) is 0 Å². The van der Waals surface area contributed by atoms with Crippen LogP contribution in [0.1, 0.15) is 37.4 Å². The van der Waals surface area contributed by atoms with Gasteiger partial charge in [0.25, 0.3) is 17.4 Å². The Bertz CT molecular complexity index is 1060. The van der Waals surface area contributed by atoms with Gasteiger partial charge in [0.15, 0.2) is 0 Å². The zero-order chi connectivity index (χ0) is 23.4. The van der Waals surface area contributed by atoms with Gasteiger partial charge in [-0.25, -0.2) is 0 Å². The van der Waals surface area contributed by atoms with Crippen molar-refractivity contribution in [3.05, 3.63) is 80.4 Å². The molecule has 9 heteroatoms. The molecule has 0 aromatic heterocycles. The van der Waals surface area contributed by atoms with Gasteiger partial charge in [-0.15, -0.1) is 0 Å². The molecule has 0 saturated carbocycles. The van der Waals surface area contributed by atoms with E-state index in [0.29, 0.717) is 23.6 Å². The van der Waals surface area contributed by atoms with E-state index in [9.17, 15) is 24.8 Å². The summed E-state index contributed by atoms with van der Waals surface area (Å²) in [6.07, 6.45) is 0.524. The van der Waals surface area contributed by atoms with Gasteiger partial charge < -0.3 is 14.7 Å². The van der Waals surface area contributed by atoms with Gasteiger partial charge in [0.05, 0.1) is 22.6 Å². The molecule has 1 aliphatic rings. The molecule has 0 bridgehead atoms. The summed E-state index contributed by atoms with van der Waals surface area (Å²) < 4.78 is 5.54. The highest BCUT2D eigenvalue weighted by Crippen LogP contribution is 2.41. The van der Waals surface area contributed by atoms with Crippen molar-refractivity contribution in [1.29, 1.82) is 0 Å². The number of aliphatic hydroxyl groups excluding tert-OH is 1. The molecule has 1 N–H and O–H groups in total. The van der Waals surface area contributed by atoms with E-state index in [2.05, 4.69) is 0 Å². The van der Waals surface area contributed by atoms with Crippen LogP contribution in [0, 0.1) is 10.1 Å². The average molecular weight is 459 g/mol. The molecule has 32 heavy (non-hydrogen) atoms. The predicted molar refractivity (Wildman–Crippen MR) is 119 cm³/mol. The van der Waals surface area contributed by atoms with Crippen molar-refractivity contribution in [3.8, 4) is 0 Å². The number of ketones is 1. The summed E-state index contributed by atoms with van der Waals surface area (Å²) in [7, 11) is 0. The highest BCUT2D eigenvalue weighted by atomic mass is 35.5. The van der Waals surface area contributed by atoms with Crippen LogP contribution in [-0.2, 0) is 14.3 Å². The Morgan fingerprint density at radius 2 is 1.84 bits per heavy atom. The van der Waals surface area contributed by atoms with Gasteiger partial charge in [0, 0.05) is 35.9 Å². The molecule has 3 rings (SSSR count). The lowest BCUT2D eigenvalue weighted by Crippen LogP contribution is -2.31. The maximum atomic E-state index is 12.9. The minimum Gasteiger partial charge on any atom is -0.507 e. The minimum atomic E-state index is -0.891. The van der Waals surface area contributed by atoms with E-state index in [4.69, 9.17) is 16.3 Å². The van der Waals surface area contributed by atoms with Crippen LogP contribution in [0.2, 0.25) is 5.02 Å². The summed E-state index contributed by atoms with van der Waals surface area (Å²) in [5.74, 6) is -2.00. The molecule has 1 amide bonds. The van der Waals surface area contributed by atoms with Crippen molar-refractivity contribution in [3.63, 3.8) is 0 Å². The Morgan fingerprint density at radius 3 is 2.44 bits per heavy atom. The average Bonchev–Trinajstić information content (AvgIpc) is 3.01. The van der Waals surface area contributed by atoms with Crippen LogP contribution in [0.3, 0.4) is 0 Å². The number of non-ortho nitro benzene ring substituents is 1. The number of carbonyl (C=O) groups is 2. The smallest absolute Gasteiger partial charge is 0.295 e. The number of rotatable bonds is 8. The molecule has 168 valence electrons. The van der Waals surface area contributed by atoms with Crippen molar-refractivity contribution >= 4 is 34.7 Å². The molecule has 2 aromatic carbocycles. The highest BCUT2D eigenvalue weighted by molar-refractivity contribution is 6.47. The third-order valence-electron chi connectivity index (χ3n) is 5.09. The van der Waals surface area contributed by atoms with Crippen LogP contribution in [0.4, 0.5) is 5.69 Å². The number of nitro groups is 1. The van der Waals surface area contributed by atoms with E-state index in [1.54, 1.807) is 24.3 Å². The number of ether oxygens (including phenoxy) is 1. The number of halogens is 1. The zero-order valence-electron chi connectivity index (χ0n) is 17.7. The first kappa shape index (κ1) is 23.4. The molecule has 1 saturated heterocycles. The molecule has 1 heterocycles. The Morgan fingerprint density at radius 1 is 1.19 bits per heavy atom. The molecule has 8 nitrogen and oxygen atoms in total. The predicted octanol–water partition coefficient (Wildman–Crippen LogP) is 4.49. The zero-order valence-corrected chi connectivity index (χ0v) is 18.4. The van der Waals surface area contributed by atoms with Gasteiger partial charge in [-0.1, -0.05) is 29.8 Å². The standard InChI is InChI=1S/C23H23ClN2O6/c1-14(2)32-13-5-12-25-20(17-6-3-4-7-18(17)24)19(22(28)23(25)29)21(27)15-8-10-16(11-9-15)26(30)31/h3-4,6-11,14,20,27H,5,12-13H2,1-2H3/t20-/m0/s1. The lowest BCUT2D eigenvalue weighted by Gasteiger charge is -2.26. The SMILES string of the molecule is CC(C)OCCCN1C(=O)C(=O)C(=C(O)c2ccc([N+](=O)[O-])cc2)[C@@H]1c1ccccc1Cl. The topological polar surface area (TPSA) is 110 Å². The van der Waals surface area contributed by atoms with Gasteiger partial charge >= 0.3 is 0 Å². The molecule has 1 fully saturated rings. The normalized spacial score (nSPS) is 17.9. The van der Waals surface area contributed by atoms with Gasteiger partial charge in [-0.2, -0.15) is 0 Å². The number of likely N-dealkylation sites (tertiary alicyclic amines) is 1. The van der Waals surface area contributed by atoms with E-state index in [-0.39, 0.29) is 29.5 Å². The number of benzene rings is 2. The Balaban J connectivity index is 2.05. The summed E-state index contributed by atoms with van der Waals surface area (Å²) in [6.45, 7) is 4.43. The molecule has 1 atom stereocenters. The number of carbonyl (C=O) groups excluding carboxylic acids is 2. The van der Waals surface area contributed by atoms with Gasteiger partial charge in [-0.3, -0.25) is 19.7 Å². The first-order valence-corrected chi connectivity index (χ1v) is 10.5. The van der Waals surface area contributed by atoms with Gasteiger partial charge in [0.1, 0.15) is 5.76 Å². The summed E-state index contributed by atoms with van der Waals surface area (Å²) >= 11 is 6.39. The second-order valence-corrected chi connectivity index (χ2v) is 8.00. The quantitative estimate of drug-likeness (QED) is 0.156. The first-order chi connectivity index (χ1) is 15.2. The molecule has 2 aromatic rings. The van der Waals surface area contributed by atoms with Crippen LogP contribution in [-0.4, -0.2) is 45.9 Å². The van der Waals surface area contributed by atoms with Crippen molar-refractivity contribution < 1.29 is 24.4 Å². The number of nitro benzene ring substituents is 1. The maximum absolute atomic E-state index is 12.9. The summed E-state index contributed by atoms with van der Waals surface area (Å²) in [6, 6.07) is 11.0. The Labute approximate surface area is 190 Å². The fourth-order valence-corrected chi connectivity index (χ4v) is 3.82. The lowest BCUT2D eigenvalue weighted by molar-refractivity contribution is -0.384. The summed E-state index contributed by atoms with van der Waals surface area (Å²) in [5, 5.41) is 22.2. The van der Waals surface area contributed by atoms with Crippen molar-refractivity contribution in [1.82, 2.24) is 4.90 Å². The number of nitrogens with zero attached hydrogens (tertiary/aromatic N) is 2. The van der Waals surface area contributed by atoms with E-state index >= 15 is 0 Å². The minimum absolute atomic E-state index is 0.0342. The van der Waals surface area contributed by atoms with Gasteiger partial charge in [0.2, 0.25) is 0 Å². The van der Waals surface area contributed by atoms with Crippen molar-refractivity contribution in [2.45, 2.75) is 32.4 Å². The van der Waals surface area contributed by atoms with Crippen LogP contribution >= 0.6 is 11.6 Å². The molecular weight excluding hydrogens is 436 g/mol. The third kappa shape index (κ3) is 4.81. The second kappa shape index (κ2) is 9.93. The molecule has 0 unspecified atom stereocenters. The van der Waals surface area contributed by atoms with Crippen molar-refractivity contribution in [2.75, 3.05) is 13.2 Å². The number of hydrogen-bond acceptors (Lipinski definition) is 6. The van der Waals surface area contributed by atoms with Crippen LogP contribution < -0.4 is 0 Å². The Hall–Kier alpha value is -3.23. The lowest BCUT2D eigenvalue weighted by atomic mass is 9.95. The fraction of sp³-hybridized carbons (Fsp3) is 0.304. The van der Waals surface area contributed by atoms with Crippen LogP contribution in [0.15, 0.2) is 54.1 Å². The Kier molecular flexibility index (Phi) is 7.27. The summed E-state index contributed by atoms with van der Waals surface area (Å²) in [4.78, 5) is 37.6. The molecule has 0 spiro atoms. The van der Waals surface area contributed by atoms with Gasteiger partial charge in [-0.05, 0) is 44.0 Å². The van der Waals surface area contributed by atoms with Crippen LogP contribution in [0.5, 0.6) is 0 Å². The second-order valence-electron chi connectivity index (χ2n) is 7.59. The summed E-state index contributed by atoms with van der Waals surface area (Å²) in [5.41, 5.74) is 0.423. The van der Waals surface area contributed by atoms with Crippen LogP contribution in [0.25, 0.3) is 5.76 Å². The largest absolute Gasteiger partial charge is 0.507 e. The molecule has 0 radical (unpaired) electrons. The first-order valence-electron chi connectivity index (χ1n) is 10.1. The fourth-order valence-electron chi connectivity index (χ4n) is 3.58. The molecule has 1 aliphatic heterocycles. The van der Waals surface area contributed by atoms with E-state index in [0.717, 1.165) is 0 Å². The monoisotopic (exact) mass is 458 g/mol.